The van der Waals surface area contributed by atoms with Crippen molar-refractivity contribution in [3.8, 4) is 11.5 Å². The van der Waals surface area contributed by atoms with Crippen LogP contribution < -0.4 is 15.2 Å². The van der Waals surface area contributed by atoms with Crippen molar-refractivity contribution in [1.29, 1.82) is 0 Å². The maximum absolute atomic E-state index is 12.6. The molecule has 1 heterocycles. The van der Waals surface area contributed by atoms with Crippen LogP contribution in [0.4, 0.5) is 0 Å². The average molecular weight is 452 g/mol. The highest BCUT2D eigenvalue weighted by Gasteiger charge is 2.27. The monoisotopic (exact) mass is 451 g/mol. The van der Waals surface area contributed by atoms with Crippen LogP contribution in [0, 0.1) is 11.8 Å². The van der Waals surface area contributed by atoms with Crippen molar-refractivity contribution in [2.75, 3.05) is 26.9 Å². The van der Waals surface area contributed by atoms with Gasteiger partial charge in [-0.3, -0.25) is 4.79 Å². The summed E-state index contributed by atoms with van der Waals surface area (Å²) < 4.78 is 16.9. The lowest BCUT2D eigenvalue weighted by atomic mass is 9.85. The average Bonchev–Trinajstić information content (AvgIpc) is 2.90. The largest absolute Gasteiger partial charge is 0.493 e. The first-order chi connectivity index (χ1) is 14.8. The maximum Gasteiger partial charge on any atom is 0.341 e. The molecule has 3 N–H and O–H groups in total. The van der Waals surface area contributed by atoms with Crippen molar-refractivity contribution in [2.24, 2.45) is 17.6 Å². The number of halogens is 1. The number of ether oxygens (including phenoxy) is 3. The first kappa shape index (κ1) is 24.8. The summed E-state index contributed by atoms with van der Waals surface area (Å²) in [4.78, 5) is 23.9. The van der Waals surface area contributed by atoms with Gasteiger partial charge in [0.1, 0.15) is 17.1 Å². The Morgan fingerprint density at radius 2 is 2.13 bits per heavy atom. The number of carbonyl (C=O) groups is 2. The predicted octanol–water partition coefficient (Wildman–Crippen LogP) is 4.08. The number of benzene rings is 1. The minimum Gasteiger partial charge on any atom is -0.493 e. The van der Waals surface area contributed by atoms with E-state index in [9.17, 15) is 14.7 Å². The van der Waals surface area contributed by atoms with Crippen LogP contribution in [0.2, 0.25) is 5.02 Å². The summed E-state index contributed by atoms with van der Waals surface area (Å²) in [7, 11) is 1.63. The van der Waals surface area contributed by atoms with Crippen LogP contribution in [0.15, 0.2) is 30.0 Å². The van der Waals surface area contributed by atoms with Crippen LogP contribution in [0.25, 0.3) is 5.57 Å². The smallest absolute Gasteiger partial charge is 0.341 e. The van der Waals surface area contributed by atoms with E-state index in [4.69, 9.17) is 31.5 Å². The Balaban J connectivity index is 2.45. The van der Waals surface area contributed by atoms with Crippen molar-refractivity contribution < 1.29 is 28.9 Å². The summed E-state index contributed by atoms with van der Waals surface area (Å²) in [5.74, 6) is -0.516. The fourth-order valence-electron chi connectivity index (χ4n) is 3.38. The molecule has 0 saturated heterocycles. The highest BCUT2D eigenvalue weighted by atomic mass is 35.5. The zero-order valence-corrected chi connectivity index (χ0v) is 18.9. The summed E-state index contributed by atoms with van der Waals surface area (Å²) in [6.45, 7) is 5.71. The molecule has 0 unspecified atom stereocenters. The van der Waals surface area contributed by atoms with Gasteiger partial charge in [-0.25, -0.2) is 4.79 Å². The number of rotatable bonds is 10. The van der Waals surface area contributed by atoms with E-state index in [1.54, 1.807) is 19.2 Å². The molecule has 0 aliphatic carbocycles. The van der Waals surface area contributed by atoms with Crippen molar-refractivity contribution in [3.05, 3.63) is 40.6 Å². The van der Waals surface area contributed by atoms with Crippen LogP contribution >= 0.6 is 11.6 Å². The second-order valence-electron chi connectivity index (χ2n) is 7.55. The third kappa shape index (κ3) is 6.48. The molecular weight excluding hydrogens is 422 g/mol. The van der Waals surface area contributed by atoms with Crippen LogP contribution in [0.5, 0.6) is 11.5 Å². The Kier molecular flexibility index (Phi) is 9.40. The van der Waals surface area contributed by atoms with Gasteiger partial charge in [-0.05, 0) is 36.0 Å². The van der Waals surface area contributed by atoms with Crippen molar-refractivity contribution in [1.82, 2.24) is 0 Å². The van der Waals surface area contributed by atoms with Gasteiger partial charge in [-0.1, -0.05) is 31.9 Å². The number of methoxy groups -OCH3 is 1. The molecule has 8 heteroatoms. The molecule has 170 valence electrons. The standard InChI is InChI=1S/C23H30ClNO6/c1-4-14(2)16-8-15(9-20(26)18(12-25)23(27)28)17-10-19(24)22(11-21(17)31-13-16)30-7-5-6-29-3/h9-12,14,16H,4-8,13,25H2,1-3H3,(H,27,28)/b15-9+,18-12+/t14-,16+/m1/s1. The summed E-state index contributed by atoms with van der Waals surface area (Å²) in [6.07, 6.45) is 4.35. The highest BCUT2D eigenvalue weighted by molar-refractivity contribution is 6.32. The Labute approximate surface area is 187 Å². The van der Waals surface area contributed by atoms with E-state index < -0.39 is 17.3 Å². The molecule has 7 nitrogen and oxygen atoms in total. The maximum atomic E-state index is 12.6. The molecule has 0 aromatic heterocycles. The Hall–Kier alpha value is -2.51. The van der Waals surface area contributed by atoms with Crippen molar-refractivity contribution in [2.45, 2.75) is 33.1 Å². The lowest BCUT2D eigenvalue weighted by Gasteiger charge is -2.21. The number of ketones is 1. The Bertz CT molecular complexity index is 864. The van der Waals surface area contributed by atoms with Gasteiger partial charge in [0, 0.05) is 38.0 Å². The van der Waals surface area contributed by atoms with Crippen molar-refractivity contribution in [3.63, 3.8) is 0 Å². The number of aliphatic carboxylic acids is 1. The molecule has 0 spiro atoms. The predicted molar refractivity (Wildman–Crippen MR) is 119 cm³/mol. The summed E-state index contributed by atoms with van der Waals surface area (Å²) in [5.41, 5.74) is 6.18. The van der Waals surface area contributed by atoms with E-state index in [2.05, 4.69) is 13.8 Å². The number of carboxylic acids is 1. The molecule has 2 rings (SSSR count). The molecular formula is C23H30ClNO6. The summed E-state index contributed by atoms with van der Waals surface area (Å²) >= 11 is 6.45. The first-order valence-electron chi connectivity index (χ1n) is 10.3. The van der Waals surface area contributed by atoms with Crippen LogP contribution in [0.3, 0.4) is 0 Å². The molecule has 0 radical (unpaired) electrons. The van der Waals surface area contributed by atoms with Crippen LogP contribution in [0.1, 0.15) is 38.7 Å². The number of carboxylic acid groups (broad SMARTS) is 1. The number of hydrogen-bond acceptors (Lipinski definition) is 6. The third-order valence-corrected chi connectivity index (χ3v) is 5.78. The molecule has 0 fully saturated rings. The molecule has 1 aliphatic heterocycles. The van der Waals surface area contributed by atoms with Gasteiger partial charge in [0.2, 0.25) is 0 Å². The van der Waals surface area contributed by atoms with E-state index in [0.29, 0.717) is 66.2 Å². The fraction of sp³-hybridized carbons (Fsp3) is 0.478. The highest BCUT2D eigenvalue weighted by Crippen LogP contribution is 2.42. The molecule has 1 aromatic rings. The number of fused-ring (bicyclic) bond motifs is 1. The van der Waals surface area contributed by atoms with E-state index >= 15 is 0 Å². The van der Waals surface area contributed by atoms with Gasteiger partial charge in [0.05, 0.1) is 18.2 Å². The second kappa shape index (κ2) is 11.8. The fourth-order valence-corrected chi connectivity index (χ4v) is 3.60. The molecule has 31 heavy (non-hydrogen) atoms. The van der Waals surface area contributed by atoms with Crippen LogP contribution in [-0.4, -0.2) is 43.8 Å². The molecule has 1 aliphatic rings. The molecule has 0 bridgehead atoms. The van der Waals surface area contributed by atoms with Gasteiger partial charge in [0.25, 0.3) is 0 Å². The zero-order chi connectivity index (χ0) is 23.0. The molecule has 0 amide bonds. The topological polar surface area (TPSA) is 108 Å². The van der Waals surface area contributed by atoms with E-state index in [0.717, 1.165) is 12.6 Å². The van der Waals surface area contributed by atoms with Crippen LogP contribution in [-0.2, 0) is 14.3 Å². The Morgan fingerprint density at radius 1 is 1.39 bits per heavy atom. The van der Waals surface area contributed by atoms with E-state index in [1.807, 2.05) is 0 Å². The van der Waals surface area contributed by atoms with Gasteiger partial charge < -0.3 is 25.1 Å². The summed E-state index contributed by atoms with van der Waals surface area (Å²) in [5, 5.41) is 9.62. The number of carbonyl (C=O) groups excluding carboxylic acids is 1. The normalized spacial score (nSPS) is 18.6. The van der Waals surface area contributed by atoms with Crippen molar-refractivity contribution >= 4 is 28.9 Å². The lowest BCUT2D eigenvalue weighted by molar-refractivity contribution is -0.134. The second-order valence-corrected chi connectivity index (χ2v) is 7.96. The lowest BCUT2D eigenvalue weighted by Crippen LogP contribution is -2.18. The SMILES string of the molecule is CC[C@@H](C)[C@@H]1COc2cc(OCCCOC)c(Cl)cc2/C(=C/C(=O)/C(=C\N)C(=O)O)C1. The number of nitrogens with two attached hydrogens (primary N) is 1. The number of allylic oxidation sites excluding steroid dienone is 2. The van der Waals surface area contributed by atoms with Gasteiger partial charge >= 0.3 is 5.97 Å². The van der Waals surface area contributed by atoms with Gasteiger partial charge in [0.15, 0.2) is 5.78 Å². The van der Waals surface area contributed by atoms with Gasteiger partial charge in [-0.2, -0.15) is 0 Å². The first-order valence-corrected chi connectivity index (χ1v) is 10.7. The van der Waals surface area contributed by atoms with Gasteiger partial charge in [-0.15, -0.1) is 0 Å². The molecule has 1 aromatic carbocycles. The third-order valence-electron chi connectivity index (χ3n) is 5.48. The minimum atomic E-state index is -1.37. The quantitative estimate of drug-likeness (QED) is 0.239. The summed E-state index contributed by atoms with van der Waals surface area (Å²) in [6, 6.07) is 3.42. The van der Waals surface area contributed by atoms with E-state index in [1.165, 1.54) is 6.08 Å². The molecule has 0 saturated carbocycles. The minimum absolute atomic E-state index is 0.149. The zero-order valence-electron chi connectivity index (χ0n) is 18.2. The van der Waals surface area contributed by atoms with E-state index in [-0.39, 0.29) is 5.92 Å². The molecule has 2 atom stereocenters. The number of hydrogen-bond donors (Lipinski definition) is 2. The Morgan fingerprint density at radius 3 is 2.74 bits per heavy atom.